The average molecular weight is 593 g/mol. The highest BCUT2D eigenvalue weighted by Crippen LogP contribution is 2.18. The molecule has 0 aliphatic rings. The maximum atomic E-state index is 13.7. The summed E-state index contributed by atoms with van der Waals surface area (Å²) in [6, 6.07) is 16.1. The molecule has 2 aromatic rings. The highest BCUT2D eigenvalue weighted by Gasteiger charge is 2.31. The van der Waals surface area contributed by atoms with Crippen LogP contribution in [0.3, 0.4) is 0 Å². The van der Waals surface area contributed by atoms with Gasteiger partial charge >= 0.3 is 0 Å². The minimum atomic E-state index is -1.04. The number of Topliss-reactive ketones (excluding diaryl/α,β-unsaturated/α-hetero) is 2. The van der Waals surface area contributed by atoms with Crippen LogP contribution in [0.25, 0.3) is 0 Å². The normalized spacial score (nSPS) is 13.0. The number of ketones is 2. The van der Waals surface area contributed by atoms with E-state index in [1.54, 1.807) is 30.3 Å². The third-order valence-electron chi connectivity index (χ3n) is 7.47. The summed E-state index contributed by atoms with van der Waals surface area (Å²) in [4.78, 5) is 65.0. The zero-order valence-electron chi connectivity index (χ0n) is 25.4. The Bertz CT molecular complexity index is 1160. The van der Waals surface area contributed by atoms with Crippen molar-refractivity contribution in [3.05, 3.63) is 71.8 Å². The molecule has 0 fully saturated rings. The number of hydrogen-bond donors (Lipinski definition) is 4. The van der Waals surface area contributed by atoms with Gasteiger partial charge in [-0.2, -0.15) is 0 Å². The fraction of sp³-hybridized carbons (Fsp3) is 0.500. The molecule has 234 valence electrons. The number of benzene rings is 2. The van der Waals surface area contributed by atoms with Crippen LogP contribution >= 0.6 is 0 Å². The number of carbonyl (C=O) groups excluding carboxylic acids is 5. The van der Waals surface area contributed by atoms with Crippen LogP contribution in [0.15, 0.2) is 60.7 Å². The van der Waals surface area contributed by atoms with E-state index in [9.17, 15) is 24.0 Å². The topological polar surface area (TPSA) is 161 Å². The largest absolute Gasteiger partial charge is 0.370 e. The van der Waals surface area contributed by atoms with E-state index in [2.05, 4.69) is 17.6 Å². The first-order valence-corrected chi connectivity index (χ1v) is 15.5. The lowest BCUT2D eigenvalue weighted by molar-refractivity contribution is -0.134. The average Bonchev–Trinajstić information content (AvgIpc) is 3.00. The van der Waals surface area contributed by atoms with Crippen LogP contribution in [-0.2, 0) is 25.6 Å². The van der Waals surface area contributed by atoms with Crippen molar-refractivity contribution >= 4 is 29.3 Å². The Kier molecular flexibility index (Phi) is 16.5. The van der Waals surface area contributed by atoms with E-state index in [-0.39, 0.29) is 43.2 Å². The van der Waals surface area contributed by atoms with Gasteiger partial charge in [-0.25, -0.2) is 0 Å². The molecule has 0 bridgehead atoms. The van der Waals surface area contributed by atoms with Crippen molar-refractivity contribution in [2.24, 2.45) is 17.4 Å². The zero-order chi connectivity index (χ0) is 31.5. The number of nitrogens with one attached hydrogen (secondary N) is 2. The van der Waals surface area contributed by atoms with Gasteiger partial charge in [-0.05, 0) is 49.9 Å². The van der Waals surface area contributed by atoms with Gasteiger partial charge in [0.25, 0.3) is 5.91 Å². The fourth-order valence-corrected chi connectivity index (χ4v) is 4.99. The van der Waals surface area contributed by atoms with Crippen molar-refractivity contribution in [2.45, 2.75) is 96.1 Å². The minimum absolute atomic E-state index is 0.141. The second kappa shape index (κ2) is 20.1. The standard InChI is InChI=1S/C34H48N4O5/c1-2-3-4-5-12-20-30(39)29(24-32(36)41)38-34(43)27(19-13-14-21-35)23-31(40)28(22-25-15-8-6-9-16-25)37-33(42)26-17-10-7-11-18-26/h6-11,15-18,27-29H,2-5,12-14,19-24,35H2,1H3,(H2,36,41)(H,37,42)(H,38,43)/t27-,28+,29+/m1/s1. The molecule has 0 unspecified atom stereocenters. The molecule has 0 aromatic heterocycles. The van der Waals surface area contributed by atoms with Crippen molar-refractivity contribution in [3.8, 4) is 0 Å². The number of rotatable bonds is 22. The van der Waals surface area contributed by atoms with Gasteiger partial charge in [-0.1, -0.05) is 87.6 Å². The molecule has 9 heteroatoms. The van der Waals surface area contributed by atoms with Gasteiger partial charge in [0.05, 0.1) is 18.5 Å². The molecule has 43 heavy (non-hydrogen) atoms. The maximum absolute atomic E-state index is 13.7. The number of nitrogens with two attached hydrogens (primary N) is 2. The molecule has 0 aliphatic carbocycles. The lowest BCUT2D eigenvalue weighted by Gasteiger charge is -2.24. The van der Waals surface area contributed by atoms with Crippen LogP contribution < -0.4 is 22.1 Å². The summed E-state index contributed by atoms with van der Waals surface area (Å²) in [7, 11) is 0. The molecule has 0 saturated carbocycles. The van der Waals surface area contributed by atoms with Gasteiger partial charge in [0, 0.05) is 24.3 Å². The van der Waals surface area contributed by atoms with Crippen LogP contribution in [0.2, 0.25) is 0 Å². The second-order valence-corrected chi connectivity index (χ2v) is 11.1. The van der Waals surface area contributed by atoms with Gasteiger partial charge in [0.2, 0.25) is 11.8 Å². The summed E-state index contributed by atoms with van der Waals surface area (Å²) in [5.41, 5.74) is 12.4. The van der Waals surface area contributed by atoms with Crippen molar-refractivity contribution in [3.63, 3.8) is 0 Å². The number of primary amides is 1. The second-order valence-electron chi connectivity index (χ2n) is 11.1. The van der Waals surface area contributed by atoms with Crippen molar-refractivity contribution in [1.29, 1.82) is 0 Å². The molecule has 2 aromatic carbocycles. The van der Waals surface area contributed by atoms with Crippen LogP contribution in [0.5, 0.6) is 0 Å². The highest BCUT2D eigenvalue weighted by molar-refractivity contribution is 5.99. The molecule has 0 heterocycles. The van der Waals surface area contributed by atoms with Crippen LogP contribution in [-0.4, -0.2) is 47.9 Å². The lowest BCUT2D eigenvalue weighted by atomic mass is 9.90. The molecule has 3 atom stereocenters. The molecular formula is C34H48N4O5. The molecule has 0 radical (unpaired) electrons. The Labute approximate surface area is 255 Å². The number of amides is 3. The molecule has 0 spiro atoms. The number of unbranched alkanes of at least 4 members (excludes halogenated alkanes) is 5. The lowest BCUT2D eigenvalue weighted by Crippen LogP contribution is -2.47. The molecule has 2 rings (SSSR count). The Morgan fingerprint density at radius 3 is 2.00 bits per heavy atom. The summed E-state index contributed by atoms with van der Waals surface area (Å²) in [5.74, 6) is -2.86. The predicted octanol–water partition coefficient (Wildman–Crippen LogP) is 4.02. The van der Waals surface area contributed by atoms with Crippen molar-refractivity contribution in [1.82, 2.24) is 10.6 Å². The monoisotopic (exact) mass is 592 g/mol. The van der Waals surface area contributed by atoms with E-state index in [1.807, 2.05) is 30.3 Å². The summed E-state index contributed by atoms with van der Waals surface area (Å²) >= 11 is 0. The van der Waals surface area contributed by atoms with Crippen molar-refractivity contribution < 1.29 is 24.0 Å². The highest BCUT2D eigenvalue weighted by atomic mass is 16.2. The summed E-state index contributed by atoms with van der Waals surface area (Å²) in [6.07, 6.45) is 6.46. The third-order valence-corrected chi connectivity index (χ3v) is 7.47. The van der Waals surface area contributed by atoms with Crippen LogP contribution in [0.4, 0.5) is 0 Å². The van der Waals surface area contributed by atoms with Crippen LogP contribution in [0, 0.1) is 5.92 Å². The molecular weight excluding hydrogens is 544 g/mol. The number of hydrogen-bond acceptors (Lipinski definition) is 6. The van der Waals surface area contributed by atoms with E-state index in [0.717, 1.165) is 31.2 Å². The van der Waals surface area contributed by atoms with Gasteiger partial charge in [-0.15, -0.1) is 0 Å². The fourth-order valence-electron chi connectivity index (χ4n) is 4.99. The quantitative estimate of drug-likeness (QED) is 0.151. The van der Waals surface area contributed by atoms with Gasteiger partial charge in [-0.3, -0.25) is 24.0 Å². The summed E-state index contributed by atoms with van der Waals surface area (Å²) < 4.78 is 0. The van der Waals surface area contributed by atoms with Gasteiger partial charge < -0.3 is 22.1 Å². The Morgan fingerprint density at radius 2 is 1.37 bits per heavy atom. The zero-order valence-corrected chi connectivity index (χ0v) is 25.4. The molecule has 9 nitrogen and oxygen atoms in total. The molecule has 0 aliphatic heterocycles. The van der Waals surface area contributed by atoms with E-state index in [0.29, 0.717) is 37.8 Å². The molecule has 3 amide bonds. The Hall–Kier alpha value is -3.85. The van der Waals surface area contributed by atoms with Crippen LogP contribution in [0.1, 0.15) is 93.5 Å². The maximum Gasteiger partial charge on any atom is 0.251 e. The van der Waals surface area contributed by atoms with E-state index < -0.39 is 29.8 Å². The molecule has 0 saturated heterocycles. The van der Waals surface area contributed by atoms with E-state index in [4.69, 9.17) is 11.5 Å². The summed E-state index contributed by atoms with van der Waals surface area (Å²) in [5, 5.41) is 5.59. The molecule has 6 N–H and O–H groups in total. The SMILES string of the molecule is CCCCCCCC(=O)[C@H](CC(N)=O)NC(=O)[C@H](CCCCN)CC(=O)[C@H](Cc1ccccc1)NC(=O)c1ccccc1. The minimum Gasteiger partial charge on any atom is -0.370 e. The van der Waals surface area contributed by atoms with Crippen molar-refractivity contribution in [2.75, 3.05) is 6.54 Å². The first-order chi connectivity index (χ1) is 20.7. The summed E-state index contributed by atoms with van der Waals surface area (Å²) in [6.45, 7) is 2.55. The number of carbonyl (C=O) groups is 5. The Balaban J connectivity index is 2.20. The first-order valence-electron chi connectivity index (χ1n) is 15.5. The van der Waals surface area contributed by atoms with E-state index in [1.165, 1.54) is 0 Å². The first kappa shape index (κ1) is 35.3. The van der Waals surface area contributed by atoms with E-state index >= 15 is 0 Å². The smallest absolute Gasteiger partial charge is 0.251 e. The van der Waals surface area contributed by atoms with Gasteiger partial charge in [0.15, 0.2) is 11.6 Å². The van der Waals surface area contributed by atoms with Gasteiger partial charge in [0.1, 0.15) is 0 Å². The predicted molar refractivity (Wildman–Crippen MR) is 168 cm³/mol. The third kappa shape index (κ3) is 13.8. The Morgan fingerprint density at radius 1 is 0.721 bits per heavy atom.